The molecule has 1 saturated heterocycles. The van der Waals surface area contributed by atoms with Gasteiger partial charge in [0, 0.05) is 18.7 Å². The van der Waals surface area contributed by atoms with Gasteiger partial charge >= 0.3 is 0 Å². The van der Waals surface area contributed by atoms with E-state index >= 15 is 0 Å². The van der Waals surface area contributed by atoms with Crippen molar-refractivity contribution in [2.75, 3.05) is 18.0 Å². The van der Waals surface area contributed by atoms with Gasteiger partial charge in [0.05, 0.1) is 10.7 Å². The van der Waals surface area contributed by atoms with Crippen LogP contribution in [0, 0.1) is 0 Å². The number of carbonyl (C=O) groups is 1. The lowest BCUT2D eigenvalue weighted by atomic mass is 10.2. The Morgan fingerprint density at radius 2 is 2.06 bits per heavy atom. The summed E-state index contributed by atoms with van der Waals surface area (Å²) in [5, 5.41) is 0.676. The number of hydrazine groups is 1. The van der Waals surface area contributed by atoms with Crippen LogP contribution in [0.25, 0.3) is 0 Å². The van der Waals surface area contributed by atoms with Crippen molar-refractivity contribution >= 4 is 23.2 Å². The minimum Gasteiger partial charge on any atom is -0.370 e. The highest BCUT2D eigenvalue weighted by atomic mass is 35.5. The van der Waals surface area contributed by atoms with Gasteiger partial charge in [-0.2, -0.15) is 0 Å². The van der Waals surface area contributed by atoms with Gasteiger partial charge in [0.1, 0.15) is 0 Å². The highest BCUT2D eigenvalue weighted by Crippen LogP contribution is 2.29. The zero-order valence-corrected chi connectivity index (χ0v) is 9.63. The van der Waals surface area contributed by atoms with Crippen molar-refractivity contribution in [3.8, 4) is 0 Å². The fraction of sp³-hybridized carbons (Fsp3) is 0.364. The molecule has 1 aromatic rings. The number of benzene rings is 1. The van der Waals surface area contributed by atoms with Crippen molar-refractivity contribution in [1.29, 1.82) is 0 Å². The summed E-state index contributed by atoms with van der Waals surface area (Å²) in [4.78, 5) is 13.6. The van der Waals surface area contributed by atoms with Crippen LogP contribution in [0.2, 0.25) is 5.02 Å². The number of hydrogen-bond acceptors (Lipinski definition) is 3. The van der Waals surface area contributed by atoms with E-state index in [9.17, 15) is 4.79 Å². The number of nitrogens with two attached hydrogens (primary N) is 1. The zero-order chi connectivity index (χ0) is 11.5. The van der Waals surface area contributed by atoms with Crippen molar-refractivity contribution < 1.29 is 4.79 Å². The second kappa shape index (κ2) is 4.72. The van der Waals surface area contributed by atoms with Gasteiger partial charge in [0.25, 0.3) is 5.91 Å². The van der Waals surface area contributed by atoms with E-state index in [2.05, 4.69) is 10.3 Å². The summed E-state index contributed by atoms with van der Waals surface area (Å²) in [5.74, 6) is 4.81. The standard InChI is InChI=1S/C11H14ClN3O/c12-9-4-3-8(11(16)14-13)7-10(9)15-5-1-2-6-15/h3-4,7H,1-2,5-6,13H2,(H,14,16). The van der Waals surface area contributed by atoms with Gasteiger partial charge in [-0.15, -0.1) is 0 Å². The van der Waals surface area contributed by atoms with E-state index in [-0.39, 0.29) is 5.91 Å². The van der Waals surface area contributed by atoms with Crippen molar-refractivity contribution in [2.45, 2.75) is 12.8 Å². The molecule has 0 unspecified atom stereocenters. The lowest BCUT2D eigenvalue weighted by molar-refractivity contribution is 0.0953. The number of hydrogen-bond donors (Lipinski definition) is 2. The molecule has 0 aromatic heterocycles. The van der Waals surface area contributed by atoms with Crippen molar-refractivity contribution in [1.82, 2.24) is 5.43 Å². The van der Waals surface area contributed by atoms with Gasteiger partial charge in [-0.1, -0.05) is 11.6 Å². The lowest BCUT2D eigenvalue weighted by Crippen LogP contribution is -2.30. The lowest BCUT2D eigenvalue weighted by Gasteiger charge is -2.19. The smallest absolute Gasteiger partial charge is 0.265 e. The molecule has 1 heterocycles. The molecule has 1 fully saturated rings. The molecular weight excluding hydrogens is 226 g/mol. The number of nitrogens with zero attached hydrogens (tertiary/aromatic N) is 1. The zero-order valence-electron chi connectivity index (χ0n) is 8.87. The first-order valence-electron chi connectivity index (χ1n) is 5.28. The van der Waals surface area contributed by atoms with Crippen LogP contribution in [0.3, 0.4) is 0 Å². The van der Waals surface area contributed by atoms with Gasteiger partial charge in [0.15, 0.2) is 0 Å². The number of rotatable bonds is 2. The minimum absolute atomic E-state index is 0.294. The molecule has 0 aliphatic carbocycles. The van der Waals surface area contributed by atoms with E-state index in [0.717, 1.165) is 18.8 Å². The third kappa shape index (κ3) is 2.13. The van der Waals surface area contributed by atoms with Crippen molar-refractivity contribution in [3.05, 3.63) is 28.8 Å². The number of amides is 1. The largest absolute Gasteiger partial charge is 0.370 e. The van der Waals surface area contributed by atoms with Gasteiger partial charge in [-0.25, -0.2) is 5.84 Å². The molecule has 0 saturated carbocycles. The van der Waals surface area contributed by atoms with Crippen LogP contribution >= 0.6 is 11.6 Å². The molecule has 0 spiro atoms. The van der Waals surface area contributed by atoms with E-state index in [1.54, 1.807) is 18.2 Å². The van der Waals surface area contributed by atoms with Crippen LogP contribution in [0.1, 0.15) is 23.2 Å². The monoisotopic (exact) mass is 239 g/mol. The van der Waals surface area contributed by atoms with E-state index in [0.29, 0.717) is 10.6 Å². The Labute approximate surface area is 99.3 Å². The fourth-order valence-electron chi connectivity index (χ4n) is 1.94. The van der Waals surface area contributed by atoms with E-state index in [1.165, 1.54) is 12.8 Å². The second-order valence-corrected chi connectivity index (χ2v) is 4.24. The van der Waals surface area contributed by atoms with E-state index in [1.807, 2.05) is 0 Å². The summed E-state index contributed by atoms with van der Waals surface area (Å²) in [5.41, 5.74) is 3.57. The molecule has 5 heteroatoms. The van der Waals surface area contributed by atoms with E-state index in [4.69, 9.17) is 17.4 Å². The molecule has 1 aliphatic rings. The highest BCUT2D eigenvalue weighted by molar-refractivity contribution is 6.33. The molecule has 16 heavy (non-hydrogen) atoms. The quantitative estimate of drug-likeness (QED) is 0.468. The highest BCUT2D eigenvalue weighted by Gasteiger charge is 2.16. The SMILES string of the molecule is NNC(=O)c1ccc(Cl)c(N2CCCC2)c1. The summed E-state index contributed by atoms with van der Waals surface area (Å²) in [6.45, 7) is 1.99. The number of carbonyl (C=O) groups excluding carboxylic acids is 1. The molecule has 0 radical (unpaired) electrons. The average Bonchev–Trinajstić information content (AvgIpc) is 2.82. The Bertz CT molecular complexity index is 402. The van der Waals surface area contributed by atoms with Crippen molar-refractivity contribution in [3.63, 3.8) is 0 Å². The number of nitrogens with one attached hydrogen (secondary N) is 1. The third-order valence-corrected chi connectivity index (χ3v) is 3.11. The molecule has 2 rings (SSSR count). The number of halogens is 1. The number of anilines is 1. The summed E-state index contributed by atoms with van der Waals surface area (Å²) in [6.07, 6.45) is 2.34. The maximum Gasteiger partial charge on any atom is 0.265 e. The molecule has 0 bridgehead atoms. The maximum absolute atomic E-state index is 11.4. The molecule has 1 amide bonds. The van der Waals surface area contributed by atoms with Crippen LogP contribution in [-0.4, -0.2) is 19.0 Å². The average molecular weight is 240 g/mol. The topological polar surface area (TPSA) is 58.4 Å². The van der Waals surface area contributed by atoms with Gasteiger partial charge in [-0.3, -0.25) is 10.2 Å². The van der Waals surface area contributed by atoms with E-state index < -0.39 is 0 Å². The minimum atomic E-state index is -0.294. The van der Waals surface area contributed by atoms with Crippen LogP contribution in [0.15, 0.2) is 18.2 Å². The molecule has 1 aromatic carbocycles. The maximum atomic E-state index is 11.4. The Kier molecular flexibility index (Phi) is 3.31. The molecular formula is C11H14ClN3O. The fourth-order valence-corrected chi connectivity index (χ4v) is 2.17. The Balaban J connectivity index is 2.32. The molecule has 86 valence electrons. The molecule has 4 nitrogen and oxygen atoms in total. The second-order valence-electron chi connectivity index (χ2n) is 3.83. The third-order valence-electron chi connectivity index (χ3n) is 2.79. The molecule has 3 N–H and O–H groups in total. The summed E-state index contributed by atoms with van der Waals surface area (Å²) < 4.78 is 0. The Morgan fingerprint density at radius 3 is 2.69 bits per heavy atom. The van der Waals surface area contributed by atoms with Crippen LogP contribution in [0.5, 0.6) is 0 Å². The first-order valence-corrected chi connectivity index (χ1v) is 5.65. The summed E-state index contributed by atoms with van der Waals surface area (Å²) in [6, 6.07) is 5.19. The molecule has 0 atom stereocenters. The normalized spacial score (nSPS) is 15.2. The first-order chi connectivity index (χ1) is 7.72. The predicted octanol–water partition coefficient (Wildman–Crippen LogP) is 1.54. The first kappa shape index (κ1) is 11.2. The van der Waals surface area contributed by atoms with Crippen LogP contribution in [-0.2, 0) is 0 Å². The predicted molar refractivity (Wildman–Crippen MR) is 64.6 cm³/mol. The van der Waals surface area contributed by atoms with Gasteiger partial charge in [-0.05, 0) is 31.0 Å². The van der Waals surface area contributed by atoms with Crippen LogP contribution < -0.4 is 16.2 Å². The van der Waals surface area contributed by atoms with Gasteiger partial charge in [0.2, 0.25) is 0 Å². The number of nitrogen functional groups attached to an aromatic ring is 1. The van der Waals surface area contributed by atoms with Crippen LogP contribution in [0.4, 0.5) is 5.69 Å². The Morgan fingerprint density at radius 1 is 1.38 bits per heavy atom. The summed E-state index contributed by atoms with van der Waals surface area (Å²) >= 11 is 6.12. The Hall–Kier alpha value is -1.26. The molecule has 1 aliphatic heterocycles. The summed E-state index contributed by atoms with van der Waals surface area (Å²) in [7, 11) is 0. The van der Waals surface area contributed by atoms with Gasteiger partial charge < -0.3 is 4.90 Å². The van der Waals surface area contributed by atoms with Crippen molar-refractivity contribution in [2.24, 2.45) is 5.84 Å².